The lowest BCUT2D eigenvalue weighted by atomic mass is 9.95. The Morgan fingerprint density at radius 3 is 2.96 bits per heavy atom. The second-order valence-electron chi connectivity index (χ2n) is 6.42. The van der Waals surface area contributed by atoms with Crippen LogP contribution in [0.3, 0.4) is 0 Å². The lowest BCUT2D eigenvalue weighted by molar-refractivity contribution is -0.135. The van der Waals surface area contributed by atoms with Crippen molar-refractivity contribution in [2.45, 2.75) is 25.0 Å². The molecular weight excluding hydrogens is 344 g/mol. The van der Waals surface area contributed by atoms with E-state index in [2.05, 4.69) is 4.72 Å². The van der Waals surface area contributed by atoms with Gasteiger partial charge in [0, 0.05) is 19.6 Å². The molecule has 0 bridgehead atoms. The number of sulfonamides is 1. The largest absolute Gasteiger partial charge is 0.497 e. The van der Waals surface area contributed by atoms with E-state index < -0.39 is 15.3 Å². The monoisotopic (exact) mass is 368 g/mol. The van der Waals surface area contributed by atoms with E-state index in [1.54, 1.807) is 18.9 Å². The van der Waals surface area contributed by atoms with Crippen LogP contribution in [0.5, 0.6) is 11.5 Å². The number of likely N-dealkylation sites (tertiary alicyclic amines) is 1. The van der Waals surface area contributed by atoms with E-state index in [0.717, 1.165) is 17.1 Å². The molecule has 138 valence electrons. The van der Waals surface area contributed by atoms with Gasteiger partial charge in [0.25, 0.3) is 0 Å². The summed E-state index contributed by atoms with van der Waals surface area (Å²) in [4.78, 5) is 14.4. The minimum Gasteiger partial charge on any atom is -0.497 e. The van der Waals surface area contributed by atoms with Crippen molar-refractivity contribution in [1.82, 2.24) is 9.62 Å². The van der Waals surface area contributed by atoms with Gasteiger partial charge in [0.2, 0.25) is 15.9 Å². The zero-order valence-corrected chi connectivity index (χ0v) is 15.3. The molecule has 0 aromatic heterocycles. The summed E-state index contributed by atoms with van der Waals surface area (Å²) in [5.41, 5.74) is 0.944. The van der Waals surface area contributed by atoms with Crippen LogP contribution in [0, 0.1) is 5.92 Å². The normalized spacial score (nSPS) is 23.0. The molecule has 1 aromatic rings. The predicted octanol–water partition coefficient (Wildman–Crippen LogP) is 0.786. The minimum absolute atomic E-state index is 0.0392. The number of methoxy groups -OCH3 is 1. The smallest absolute Gasteiger partial charge is 0.229 e. The fraction of sp³-hybridized carbons (Fsp3) is 0.588. The molecule has 1 aromatic carbocycles. The highest BCUT2D eigenvalue weighted by Crippen LogP contribution is 2.32. The Morgan fingerprint density at radius 1 is 1.44 bits per heavy atom. The van der Waals surface area contributed by atoms with Gasteiger partial charge in [0.05, 0.1) is 18.3 Å². The van der Waals surface area contributed by atoms with Crippen LogP contribution in [-0.4, -0.2) is 57.8 Å². The maximum absolute atomic E-state index is 12.8. The number of benzene rings is 1. The Bertz CT molecular complexity index is 749. The summed E-state index contributed by atoms with van der Waals surface area (Å²) in [6.07, 6.45) is 1.05. The van der Waals surface area contributed by atoms with Gasteiger partial charge in [-0.3, -0.25) is 4.79 Å². The summed E-state index contributed by atoms with van der Waals surface area (Å²) in [5, 5.41) is -0.534. The molecule has 7 nitrogen and oxygen atoms in total. The van der Waals surface area contributed by atoms with Gasteiger partial charge in [-0.25, -0.2) is 13.1 Å². The highest BCUT2D eigenvalue weighted by atomic mass is 32.2. The average molecular weight is 368 g/mol. The maximum atomic E-state index is 12.8. The Kier molecular flexibility index (Phi) is 5.19. The van der Waals surface area contributed by atoms with Crippen molar-refractivity contribution in [1.29, 1.82) is 0 Å². The summed E-state index contributed by atoms with van der Waals surface area (Å²) >= 11 is 0. The lowest BCUT2D eigenvalue weighted by Gasteiger charge is -2.28. The van der Waals surface area contributed by atoms with E-state index in [-0.39, 0.29) is 18.4 Å². The van der Waals surface area contributed by atoms with Crippen LogP contribution in [0.25, 0.3) is 0 Å². The summed E-state index contributed by atoms with van der Waals surface area (Å²) in [6, 6.07) is 5.57. The van der Waals surface area contributed by atoms with Gasteiger partial charge in [-0.2, -0.15) is 0 Å². The first-order chi connectivity index (χ1) is 11.9. The number of nitrogens with zero attached hydrogens (tertiary/aromatic N) is 1. The van der Waals surface area contributed by atoms with E-state index in [9.17, 15) is 13.2 Å². The summed E-state index contributed by atoms with van der Waals surface area (Å²) in [5.74, 6) is 1.18. The standard InChI is InChI=1S/C17H24N2O5S/c1-3-18-25(21,22)15-6-7-19(10-15)17(20)13-8-12-9-14(23-2)4-5-16(12)24-11-13/h4-5,9,13,15,18H,3,6-8,10-11H2,1-2H3. The molecule has 2 unspecified atom stereocenters. The molecule has 2 aliphatic rings. The molecule has 3 rings (SSSR count). The number of fused-ring (bicyclic) bond motifs is 1. The molecule has 0 spiro atoms. The van der Waals surface area contributed by atoms with E-state index in [0.29, 0.717) is 32.5 Å². The van der Waals surface area contributed by atoms with E-state index >= 15 is 0 Å². The van der Waals surface area contributed by atoms with Crippen LogP contribution < -0.4 is 14.2 Å². The fourth-order valence-electron chi connectivity index (χ4n) is 3.42. The summed E-state index contributed by atoms with van der Waals surface area (Å²) in [6.45, 7) is 3.15. The third-order valence-corrected chi connectivity index (χ3v) is 6.72. The van der Waals surface area contributed by atoms with Gasteiger partial charge < -0.3 is 14.4 Å². The third-order valence-electron chi connectivity index (χ3n) is 4.76. The SMILES string of the molecule is CCNS(=O)(=O)C1CCN(C(=O)C2COc3ccc(OC)cc3C2)C1. The molecule has 1 fully saturated rings. The minimum atomic E-state index is -3.36. The second kappa shape index (κ2) is 7.21. The van der Waals surface area contributed by atoms with Crippen molar-refractivity contribution >= 4 is 15.9 Å². The zero-order chi connectivity index (χ0) is 18.0. The number of carbonyl (C=O) groups is 1. The van der Waals surface area contributed by atoms with Gasteiger partial charge in [0.15, 0.2) is 0 Å². The molecule has 1 N–H and O–H groups in total. The van der Waals surface area contributed by atoms with Crippen LogP contribution in [0.2, 0.25) is 0 Å². The number of rotatable bonds is 5. The zero-order valence-electron chi connectivity index (χ0n) is 14.5. The molecule has 25 heavy (non-hydrogen) atoms. The van der Waals surface area contributed by atoms with Crippen LogP contribution in [0.1, 0.15) is 18.9 Å². The summed E-state index contributed by atoms with van der Waals surface area (Å²) in [7, 11) is -1.76. The third kappa shape index (κ3) is 3.74. The fourth-order valence-corrected chi connectivity index (χ4v) is 4.85. The molecule has 0 radical (unpaired) electrons. The Hall–Kier alpha value is -1.80. The molecule has 2 aliphatic heterocycles. The maximum Gasteiger partial charge on any atom is 0.229 e. The van der Waals surface area contributed by atoms with Crippen molar-refractivity contribution < 1.29 is 22.7 Å². The first-order valence-electron chi connectivity index (χ1n) is 8.51. The quantitative estimate of drug-likeness (QED) is 0.830. The van der Waals surface area contributed by atoms with Gasteiger partial charge in [-0.15, -0.1) is 0 Å². The van der Waals surface area contributed by atoms with E-state index in [4.69, 9.17) is 9.47 Å². The van der Waals surface area contributed by atoms with Gasteiger partial charge in [-0.05, 0) is 36.6 Å². The van der Waals surface area contributed by atoms with Crippen LogP contribution >= 0.6 is 0 Å². The van der Waals surface area contributed by atoms with Crippen LogP contribution in [0.4, 0.5) is 0 Å². The number of carbonyl (C=O) groups excluding carboxylic acids is 1. The molecular formula is C17H24N2O5S. The predicted molar refractivity (Wildman–Crippen MR) is 93.3 cm³/mol. The Labute approximate surface area is 148 Å². The Morgan fingerprint density at radius 2 is 2.24 bits per heavy atom. The van der Waals surface area contributed by atoms with Crippen molar-refractivity contribution in [3.63, 3.8) is 0 Å². The first-order valence-corrected chi connectivity index (χ1v) is 10.1. The average Bonchev–Trinajstić information content (AvgIpc) is 3.11. The second-order valence-corrected chi connectivity index (χ2v) is 8.47. The number of ether oxygens (including phenoxy) is 2. The van der Waals surface area contributed by atoms with E-state index in [1.165, 1.54) is 0 Å². The Balaban J connectivity index is 1.66. The van der Waals surface area contributed by atoms with Gasteiger partial charge in [0.1, 0.15) is 18.1 Å². The van der Waals surface area contributed by atoms with Crippen LogP contribution in [-0.2, 0) is 21.2 Å². The van der Waals surface area contributed by atoms with Crippen molar-refractivity contribution in [2.75, 3.05) is 33.4 Å². The van der Waals surface area contributed by atoms with Crippen molar-refractivity contribution in [2.24, 2.45) is 5.92 Å². The topological polar surface area (TPSA) is 84.9 Å². The van der Waals surface area contributed by atoms with Crippen LogP contribution in [0.15, 0.2) is 18.2 Å². The molecule has 2 atom stereocenters. The van der Waals surface area contributed by atoms with Gasteiger partial charge in [-0.1, -0.05) is 6.92 Å². The molecule has 1 saturated heterocycles. The number of amides is 1. The number of nitrogens with one attached hydrogen (secondary N) is 1. The molecule has 2 heterocycles. The molecule has 1 amide bonds. The number of hydrogen-bond acceptors (Lipinski definition) is 5. The molecule has 0 aliphatic carbocycles. The molecule has 0 saturated carbocycles. The molecule has 8 heteroatoms. The lowest BCUT2D eigenvalue weighted by Crippen LogP contribution is -2.42. The number of hydrogen-bond donors (Lipinski definition) is 1. The first kappa shape index (κ1) is 18.0. The highest BCUT2D eigenvalue weighted by molar-refractivity contribution is 7.90. The van der Waals surface area contributed by atoms with E-state index in [1.807, 2.05) is 18.2 Å². The van der Waals surface area contributed by atoms with Gasteiger partial charge >= 0.3 is 0 Å². The highest BCUT2D eigenvalue weighted by Gasteiger charge is 2.38. The van der Waals surface area contributed by atoms with Crippen molar-refractivity contribution in [3.8, 4) is 11.5 Å². The summed E-state index contributed by atoms with van der Waals surface area (Å²) < 4.78 is 37.7. The van der Waals surface area contributed by atoms with Crippen molar-refractivity contribution in [3.05, 3.63) is 23.8 Å².